The maximum atomic E-state index is 12.0. The number of hydrogen-bond donors (Lipinski definition) is 3. The molecular formula is C17H24N2O3. The highest BCUT2D eigenvalue weighted by molar-refractivity contribution is 5.74. The van der Waals surface area contributed by atoms with Gasteiger partial charge in [-0.2, -0.15) is 0 Å². The second kappa shape index (κ2) is 6.57. The maximum Gasteiger partial charge on any atom is 0.315 e. The van der Waals surface area contributed by atoms with E-state index in [1.54, 1.807) is 0 Å². The number of aliphatic hydroxyl groups excluding tert-OH is 1. The van der Waals surface area contributed by atoms with Gasteiger partial charge in [0.1, 0.15) is 11.9 Å². The van der Waals surface area contributed by atoms with Crippen LogP contribution in [0.3, 0.4) is 0 Å². The molecule has 120 valence electrons. The number of amides is 2. The summed E-state index contributed by atoms with van der Waals surface area (Å²) in [6.45, 7) is 0.697. The van der Waals surface area contributed by atoms with E-state index in [2.05, 4.69) is 10.6 Å². The van der Waals surface area contributed by atoms with Crippen LogP contribution in [0.25, 0.3) is 0 Å². The van der Waals surface area contributed by atoms with E-state index in [0.29, 0.717) is 6.54 Å². The average molecular weight is 304 g/mol. The van der Waals surface area contributed by atoms with Crippen LogP contribution in [0.4, 0.5) is 4.79 Å². The second-order valence-corrected chi connectivity index (χ2v) is 6.49. The van der Waals surface area contributed by atoms with E-state index in [9.17, 15) is 9.90 Å². The predicted molar refractivity (Wildman–Crippen MR) is 83.8 cm³/mol. The van der Waals surface area contributed by atoms with E-state index in [1.165, 1.54) is 0 Å². The number of urea groups is 1. The van der Waals surface area contributed by atoms with E-state index in [4.69, 9.17) is 4.74 Å². The molecule has 2 aliphatic rings. The first-order valence-corrected chi connectivity index (χ1v) is 8.08. The van der Waals surface area contributed by atoms with Crippen molar-refractivity contribution in [3.8, 4) is 5.75 Å². The molecule has 0 spiro atoms. The Morgan fingerprint density at radius 1 is 1.27 bits per heavy atom. The number of carbonyl (C=O) groups is 1. The Morgan fingerprint density at radius 3 is 2.73 bits per heavy atom. The van der Waals surface area contributed by atoms with E-state index < -0.39 is 0 Å². The van der Waals surface area contributed by atoms with Crippen LogP contribution in [-0.2, 0) is 0 Å². The van der Waals surface area contributed by atoms with Gasteiger partial charge in [0.05, 0.1) is 12.6 Å². The largest absolute Gasteiger partial charge is 0.488 e. The van der Waals surface area contributed by atoms with Crippen molar-refractivity contribution in [3.63, 3.8) is 0 Å². The first-order chi connectivity index (χ1) is 10.7. The van der Waals surface area contributed by atoms with Gasteiger partial charge in [-0.15, -0.1) is 0 Å². The number of carbonyl (C=O) groups excluding carboxylic acids is 1. The number of para-hydroxylation sites is 1. The summed E-state index contributed by atoms with van der Waals surface area (Å²) < 4.78 is 5.99. The smallest absolute Gasteiger partial charge is 0.315 e. The minimum atomic E-state index is -0.159. The molecule has 2 aliphatic carbocycles. The van der Waals surface area contributed by atoms with Crippen molar-refractivity contribution in [2.24, 2.45) is 5.41 Å². The molecule has 2 amide bonds. The number of nitrogens with one attached hydrogen (secondary N) is 2. The van der Waals surface area contributed by atoms with Crippen molar-refractivity contribution >= 4 is 6.03 Å². The Labute approximate surface area is 131 Å². The second-order valence-electron chi connectivity index (χ2n) is 6.49. The fourth-order valence-electron chi connectivity index (χ4n) is 2.96. The summed E-state index contributed by atoms with van der Waals surface area (Å²) in [5, 5.41) is 15.2. The van der Waals surface area contributed by atoms with Gasteiger partial charge in [-0.3, -0.25) is 0 Å². The third-order valence-electron chi connectivity index (χ3n) is 4.72. The lowest BCUT2D eigenvalue weighted by molar-refractivity contribution is 0.170. The van der Waals surface area contributed by atoms with E-state index in [1.807, 2.05) is 30.3 Å². The molecule has 5 heteroatoms. The third kappa shape index (κ3) is 3.71. The van der Waals surface area contributed by atoms with E-state index in [0.717, 1.165) is 37.9 Å². The highest BCUT2D eigenvalue weighted by Crippen LogP contribution is 2.44. The Bertz CT molecular complexity index is 502. The molecular weight excluding hydrogens is 280 g/mol. The van der Waals surface area contributed by atoms with Crippen LogP contribution < -0.4 is 15.4 Å². The van der Waals surface area contributed by atoms with Crippen LogP contribution in [-0.4, -0.2) is 36.4 Å². The molecule has 1 aromatic rings. The normalized spacial score (nSPS) is 25.5. The molecule has 0 aromatic heterocycles. The Balaban J connectivity index is 1.47. The van der Waals surface area contributed by atoms with Crippen molar-refractivity contribution in [1.29, 1.82) is 0 Å². The van der Waals surface area contributed by atoms with E-state index in [-0.39, 0.29) is 30.2 Å². The summed E-state index contributed by atoms with van der Waals surface area (Å²) in [7, 11) is 0. The predicted octanol–water partition coefficient (Wildman–Crippen LogP) is 2.06. The summed E-state index contributed by atoms with van der Waals surface area (Å²) >= 11 is 0. The SMILES string of the molecule is O=C(NCC1(CO)CC1)N[C@H]1CCC[C@@H]1Oc1ccccc1. The van der Waals surface area contributed by atoms with Gasteiger partial charge in [0.2, 0.25) is 0 Å². The lowest BCUT2D eigenvalue weighted by Crippen LogP contribution is -2.48. The molecule has 22 heavy (non-hydrogen) atoms. The molecule has 0 aliphatic heterocycles. The lowest BCUT2D eigenvalue weighted by Gasteiger charge is -2.23. The zero-order valence-electron chi connectivity index (χ0n) is 12.8. The molecule has 3 N–H and O–H groups in total. The Morgan fingerprint density at radius 2 is 2.05 bits per heavy atom. The number of aliphatic hydroxyl groups is 1. The van der Waals surface area contributed by atoms with Crippen molar-refractivity contribution in [3.05, 3.63) is 30.3 Å². The van der Waals surface area contributed by atoms with Gasteiger partial charge >= 0.3 is 6.03 Å². The van der Waals surface area contributed by atoms with Gasteiger partial charge in [-0.05, 0) is 44.2 Å². The van der Waals surface area contributed by atoms with Crippen LogP contribution >= 0.6 is 0 Å². The molecule has 2 saturated carbocycles. The van der Waals surface area contributed by atoms with Crippen molar-refractivity contribution in [1.82, 2.24) is 10.6 Å². The average Bonchev–Trinajstić information content (AvgIpc) is 3.22. The Hall–Kier alpha value is -1.75. The van der Waals surface area contributed by atoms with Gasteiger partial charge in [0.15, 0.2) is 0 Å². The molecule has 0 bridgehead atoms. The summed E-state index contributed by atoms with van der Waals surface area (Å²) in [5.74, 6) is 0.846. The van der Waals surface area contributed by atoms with E-state index >= 15 is 0 Å². The van der Waals surface area contributed by atoms with Crippen LogP contribution in [0.15, 0.2) is 30.3 Å². The number of benzene rings is 1. The van der Waals surface area contributed by atoms with Crippen LogP contribution in [0, 0.1) is 5.41 Å². The van der Waals surface area contributed by atoms with Gasteiger partial charge in [0.25, 0.3) is 0 Å². The molecule has 3 rings (SSSR count). The van der Waals surface area contributed by atoms with Gasteiger partial charge < -0.3 is 20.5 Å². The Kier molecular flexibility index (Phi) is 4.52. The van der Waals surface area contributed by atoms with Gasteiger partial charge in [-0.1, -0.05) is 18.2 Å². The van der Waals surface area contributed by atoms with Crippen LogP contribution in [0.5, 0.6) is 5.75 Å². The molecule has 2 fully saturated rings. The summed E-state index contributed by atoms with van der Waals surface area (Å²) in [6.07, 6.45) is 4.97. The summed E-state index contributed by atoms with van der Waals surface area (Å²) in [5.41, 5.74) is -0.0625. The summed E-state index contributed by atoms with van der Waals surface area (Å²) in [6, 6.07) is 9.62. The van der Waals surface area contributed by atoms with Crippen molar-refractivity contribution in [2.45, 2.75) is 44.2 Å². The lowest BCUT2D eigenvalue weighted by atomic mass is 10.1. The molecule has 0 radical (unpaired) electrons. The fourth-order valence-corrected chi connectivity index (χ4v) is 2.96. The molecule has 0 heterocycles. The standard InChI is InChI=1S/C17H24N2O3/c20-12-17(9-10-17)11-18-16(21)19-14-7-4-8-15(14)22-13-5-2-1-3-6-13/h1-3,5-6,14-15,20H,4,7-12H2,(H2,18,19,21)/t14-,15-/m0/s1. The fraction of sp³-hybridized carbons (Fsp3) is 0.588. The van der Waals surface area contributed by atoms with Crippen LogP contribution in [0.1, 0.15) is 32.1 Å². The zero-order valence-corrected chi connectivity index (χ0v) is 12.8. The molecule has 5 nitrogen and oxygen atoms in total. The minimum Gasteiger partial charge on any atom is -0.488 e. The molecule has 0 unspecified atom stereocenters. The van der Waals surface area contributed by atoms with Crippen LogP contribution in [0.2, 0.25) is 0 Å². The molecule has 1 aromatic carbocycles. The third-order valence-corrected chi connectivity index (χ3v) is 4.72. The van der Waals surface area contributed by atoms with Gasteiger partial charge in [0, 0.05) is 12.0 Å². The van der Waals surface area contributed by atoms with Crippen molar-refractivity contribution < 1.29 is 14.6 Å². The molecule has 0 saturated heterocycles. The monoisotopic (exact) mass is 304 g/mol. The topological polar surface area (TPSA) is 70.6 Å². The van der Waals surface area contributed by atoms with Crippen molar-refractivity contribution in [2.75, 3.05) is 13.2 Å². The van der Waals surface area contributed by atoms with Gasteiger partial charge in [-0.25, -0.2) is 4.79 Å². The zero-order chi connectivity index (χ0) is 15.4. The number of rotatable bonds is 6. The highest BCUT2D eigenvalue weighted by Gasteiger charge is 2.42. The maximum absolute atomic E-state index is 12.0. The highest BCUT2D eigenvalue weighted by atomic mass is 16.5. The number of ether oxygens (including phenoxy) is 1. The number of hydrogen-bond acceptors (Lipinski definition) is 3. The first kappa shape index (κ1) is 15.2. The summed E-state index contributed by atoms with van der Waals surface area (Å²) in [4.78, 5) is 12.0. The molecule has 2 atom stereocenters. The first-order valence-electron chi connectivity index (χ1n) is 8.08. The quantitative estimate of drug-likeness (QED) is 0.753. The minimum absolute atomic E-state index is 0.0286.